The van der Waals surface area contributed by atoms with Crippen molar-refractivity contribution in [3.8, 4) is 0 Å². The molecule has 0 radical (unpaired) electrons. The zero-order valence-electron chi connectivity index (χ0n) is 28.8. The lowest BCUT2D eigenvalue weighted by molar-refractivity contribution is -0.166. The number of hydrogen-bond donors (Lipinski definition) is 1. The molecule has 8 atom stereocenters. The van der Waals surface area contributed by atoms with Crippen LogP contribution >= 0.6 is 35.6 Å². The molecule has 2 aromatic rings. The average molecular weight is 805 g/mol. The van der Waals surface area contributed by atoms with Crippen LogP contribution in [0.5, 0.6) is 0 Å². The van der Waals surface area contributed by atoms with E-state index in [0.717, 1.165) is 68.6 Å². The SMILES string of the molecule is CC(=O)OC[C@H]1O[C@@H](n2cc(Cl)c(Sc3cn([C@@H]4O[C@H](COC(C)=O)[C@@H](OC(C)=O)[C@H]4OC(C)=O)c(=O)[nH]c3=S)nc2=O)[C@H](OC(C)=O)[C@@H]1OC(C)=O. The first kappa shape index (κ1) is 41.1. The van der Waals surface area contributed by atoms with Crippen LogP contribution in [0.4, 0.5) is 0 Å². The van der Waals surface area contributed by atoms with Crippen LogP contribution < -0.4 is 11.4 Å². The minimum absolute atomic E-state index is 0.0927. The molecule has 53 heavy (non-hydrogen) atoms. The van der Waals surface area contributed by atoms with Gasteiger partial charge in [-0.1, -0.05) is 35.6 Å². The smallest absolute Gasteiger partial charge is 0.350 e. The number of halogens is 1. The van der Waals surface area contributed by atoms with Gasteiger partial charge in [-0.05, 0) is 0 Å². The first-order valence-corrected chi connectivity index (χ1v) is 17.0. The third kappa shape index (κ3) is 10.3. The molecule has 2 aromatic heterocycles. The van der Waals surface area contributed by atoms with Crippen molar-refractivity contribution in [2.24, 2.45) is 0 Å². The van der Waals surface area contributed by atoms with Crippen LogP contribution in [0.2, 0.25) is 5.02 Å². The quantitative estimate of drug-likeness (QED) is 0.135. The minimum atomic E-state index is -1.45. The van der Waals surface area contributed by atoms with Crippen LogP contribution in [0.1, 0.15) is 54.0 Å². The lowest BCUT2D eigenvalue weighted by atomic mass is 10.1. The Morgan fingerprint density at radius 2 is 1.17 bits per heavy atom. The standard InChI is InChI=1S/C30H33ClN4O16S2/c1-11(36)44-9-18-21(46-13(3)38)23(48-15(5)40)27(50-18)34-7-17(31)26(33-30(34)43)53-20-8-35(29(42)32-25(20)52)28-24(49-16(6)41)22(47-14(4)39)19(51-28)10-45-12(2)37/h7-8,18-19,21-24,27-28H,9-10H2,1-6H3,(H,32,42,52)/t18-,19-,21-,22-,23-,24-,27-,28-/m1/s1. The first-order valence-electron chi connectivity index (χ1n) is 15.4. The molecule has 0 bridgehead atoms. The van der Waals surface area contributed by atoms with E-state index in [4.69, 9.17) is 61.7 Å². The largest absolute Gasteiger partial charge is 0.463 e. The highest BCUT2D eigenvalue weighted by atomic mass is 35.5. The monoisotopic (exact) mass is 804 g/mol. The molecule has 288 valence electrons. The van der Waals surface area contributed by atoms with E-state index in [1.54, 1.807) is 0 Å². The Hall–Kier alpha value is -4.64. The highest BCUT2D eigenvalue weighted by Crippen LogP contribution is 2.38. The Balaban J connectivity index is 1.71. The van der Waals surface area contributed by atoms with E-state index < -0.39 is 109 Å². The topological polar surface area (TPSA) is 249 Å². The summed E-state index contributed by atoms with van der Waals surface area (Å²) in [5.41, 5.74) is -1.82. The van der Waals surface area contributed by atoms with Crippen molar-refractivity contribution in [1.82, 2.24) is 19.1 Å². The van der Waals surface area contributed by atoms with Crippen LogP contribution in [0.25, 0.3) is 0 Å². The summed E-state index contributed by atoms with van der Waals surface area (Å²) in [5, 5.41) is -0.285. The summed E-state index contributed by atoms with van der Waals surface area (Å²) in [5.74, 6) is -4.53. The highest BCUT2D eigenvalue weighted by molar-refractivity contribution is 7.99. The van der Waals surface area contributed by atoms with Gasteiger partial charge >= 0.3 is 47.2 Å². The van der Waals surface area contributed by atoms with Crippen LogP contribution in [0.15, 0.2) is 31.9 Å². The lowest BCUT2D eigenvalue weighted by Gasteiger charge is -2.24. The summed E-state index contributed by atoms with van der Waals surface area (Å²) < 4.78 is 45.0. The molecule has 0 spiro atoms. The van der Waals surface area contributed by atoms with E-state index in [-0.39, 0.29) is 19.6 Å². The van der Waals surface area contributed by atoms with Gasteiger partial charge in [0.05, 0.1) is 9.92 Å². The van der Waals surface area contributed by atoms with Gasteiger partial charge in [-0.25, -0.2) is 9.59 Å². The third-order valence-corrected chi connectivity index (χ3v) is 9.12. The molecule has 0 unspecified atom stereocenters. The van der Waals surface area contributed by atoms with Gasteiger partial charge < -0.3 is 37.9 Å². The predicted molar refractivity (Wildman–Crippen MR) is 177 cm³/mol. The lowest BCUT2D eigenvalue weighted by Crippen LogP contribution is -2.42. The number of H-pyrrole nitrogens is 1. The minimum Gasteiger partial charge on any atom is -0.463 e. The molecular formula is C30H33ClN4O16S2. The number of aromatic nitrogens is 4. The van der Waals surface area contributed by atoms with Gasteiger partial charge in [-0.3, -0.25) is 42.9 Å². The second kappa shape index (κ2) is 17.5. The molecule has 2 aliphatic rings. The molecule has 23 heteroatoms. The molecule has 0 aromatic carbocycles. The Morgan fingerprint density at radius 3 is 1.60 bits per heavy atom. The summed E-state index contributed by atoms with van der Waals surface area (Å²) in [7, 11) is 0. The van der Waals surface area contributed by atoms with Crippen molar-refractivity contribution >= 4 is 71.4 Å². The molecule has 2 fully saturated rings. The van der Waals surface area contributed by atoms with Crippen molar-refractivity contribution in [3.63, 3.8) is 0 Å². The number of nitrogens with zero attached hydrogens (tertiary/aromatic N) is 3. The van der Waals surface area contributed by atoms with E-state index in [2.05, 4.69) is 9.97 Å². The van der Waals surface area contributed by atoms with Gasteiger partial charge in [0.2, 0.25) is 0 Å². The van der Waals surface area contributed by atoms with Gasteiger partial charge in [-0.15, -0.1) is 0 Å². The van der Waals surface area contributed by atoms with Crippen molar-refractivity contribution in [2.75, 3.05) is 13.2 Å². The molecule has 1 N–H and O–H groups in total. The van der Waals surface area contributed by atoms with Gasteiger partial charge in [0.1, 0.15) is 35.1 Å². The second-order valence-electron chi connectivity index (χ2n) is 11.4. The maximum absolute atomic E-state index is 13.5. The Labute approximate surface area is 313 Å². The first-order chi connectivity index (χ1) is 24.9. The number of rotatable bonds is 12. The molecule has 0 aliphatic carbocycles. The summed E-state index contributed by atoms with van der Waals surface area (Å²) in [6.07, 6.45) is -8.33. The molecule has 0 saturated carbocycles. The van der Waals surface area contributed by atoms with Crippen molar-refractivity contribution < 1.29 is 66.7 Å². The highest BCUT2D eigenvalue weighted by Gasteiger charge is 2.52. The van der Waals surface area contributed by atoms with E-state index in [9.17, 15) is 38.4 Å². The normalized spacial score (nSPS) is 24.9. The van der Waals surface area contributed by atoms with Crippen LogP contribution in [-0.2, 0) is 66.7 Å². The van der Waals surface area contributed by atoms with Crippen molar-refractivity contribution in [2.45, 2.75) is 101 Å². The van der Waals surface area contributed by atoms with Gasteiger partial charge in [0.25, 0.3) is 0 Å². The third-order valence-electron chi connectivity index (χ3n) is 7.25. The van der Waals surface area contributed by atoms with Crippen LogP contribution in [0.3, 0.4) is 0 Å². The van der Waals surface area contributed by atoms with E-state index in [0.29, 0.717) is 0 Å². The number of nitrogens with one attached hydrogen (secondary N) is 1. The van der Waals surface area contributed by atoms with E-state index >= 15 is 0 Å². The summed E-state index contributed by atoms with van der Waals surface area (Å²) in [6.45, 7) is 5.80. The number of esters is 6. The fourth-order valence-electron chi connectivity index (χ4n) is 5.35. The van der Waals surface area contributed by atoms with Crippen molar-refractivity contribution in [3.05, 3.63) is 43.0 Å². The molecule has 0 amide bonds. The average Bonchev–Trinajstić information content (AvgIpc) is 3.53. The number of hydrogen-bond acceptors (Lipinski definition) is 19. The van der Waals surface area contributed by atoms with E-state index in [1.807, 2.05) is 0 Å². The second-order valence-corrected chi connectivity index (χ2v) is 13.2. The predicted octanol–water partition coefficient (Wildman–Crippen LogP) is 0.915. The maximum atomic E-state index is 13.5. The van der Waals surface area contributed by atoms with Crippen molar-refractivity contribution in [1.29, 1.82) is 0 Å². The zero-order valence-corrected chi connectivity index (χ0v) is 31.1. The number of carbonyl (C=O) groups excluding carboxylic acids is 6. The Morgan fingerprint density at radius 1 is 0.736 bits per heavy atom. The van der Waals surface area contributed by atoms with Gasteiger partial charge in [0, 0.05) is 53.9 Å². The molecule has 20 nitrogen and oxygen atoms in total. The molecule has 2 saturated heterocycles. The van der Waals surface area contributed by atoms with E-state index in [1.165, 1.54) is 6.20 Å². The zero-order chi connectivity index (χ0) is 39.3. The molecule has 4 heterocycles. The summed E-state index contributed by atoms with van der Waals surface area (Å²) >= 11 is 12.7. The fourth-order valence-corrected chi connectivity index (χ4v) is 6.67. The van der Waals surface area contributed by atoms with Crippen LogP contribution in [0, 0.1) is 4.64 Å². The molecule has 2 aliphatic heterocycles. The Kier molecular flexibility index (Phi) is 13.5. The fraction of sp³-hybridized carbons (Fsp3) is 0.533. The number of ether oxygens (including phenoxy) is 8. The summed E-state index contributed by atoms with van der Waals surface area (Å²) in [4.78, 5) is 104. The number of aromatic amines is 1. The maximum Gasteiger partial charge on any atom is 0.350 e. The Bertz CT molecular complexity index is 1970. The van der Waals surface area contributed by atoms with Gasteiger partial charge in [0.15, 0.2) is 36.9 Å². The number of carbonyl (C=O) groups is 6. The molecule has 4 rings (SSSR count). The van der Waals surface area contributed by atoms with Crippen LogP contribution in [-0.4, -0.2) is 105 Å². The molecular weight excluding hydrogens is 772 g/mol. The van der Waals surface area contributed by atoms with Gasteiger partial charge in [-0.2, -0.15) is 4.98 Å². The summed E-state index contributed by atoms with van der Waals surface area (Å²) in [6, 6.07) is 0.